The molecule has 1 aliphatic heterocycles. The number of hydrogen-bond donors (Lipinski definition) is 2. The summed E-state index contributed by atoms with van der Waals surface area (Å²) in [6, 6.07) is 6.25. The molecule has 0 unspecified atom stereocenters. The zero-order valence-electron chi connectivity index (χ0n) is 12.6. The van der Waals surface area contributed by atoms with Crippen molar-refractivity contribution in [3.05, 3.63) is 35.6 Å². The first-order chi connectivity index (χ1) is 10.3. The van der Waals surface area contributed by atoms with Crippen LogP contribution in [-0.2, 0) is 19.7 Å². The predicted molar refractivity (Wildman–Crippen MR) is 78.0 cm³/mol. The molecule has 1 saturated heterocycles. The second-order valence-electron chi connectivity index (χ2n) is 6.14. The van der Waals surface area contributed by atoms with Gasteiger partial charge in [-0.25, -0.2) is 9.18 Å². The summed E-state index contributed by atoms with van der Waals surface area (Å²) < 4.78 is 18.5. The topological polar surface area (TPSA) is 75.6 Å². The van der Waals surface area contributed by atoms with Crippen LogP contribution in [0.25, 0.3) is 0 Å². The van der Waals surface area contributed by atoms with E-state index in [0.29, 0.717) is 19.4 Å². The zero-order valence-corrected chi connectivity index (χ0v) is 12.6. The molecule has 2 rings (SSSR count). The molecule has 22 heavy (non-hydrogen) atoms. The van der Waals surface area contributed by atoms with Gasteiger partial charge in [0.15, 0.2) is 6.10 Å². The fourth-order valence-electron chi connectivity index (χ4n) is 2.45. The number of carbonyl (C=O) groups is 2. The van der Waals surface area contributed by atoms with E-state index in [1.165, 1.54) is 12.1 Å². The number of carboxylic acid groups (broad SMARTS) is 1. The van der Waals surface area contributed by atoms with E-state index in [1.54, 1.807) is 6.07 Å². The first-order valence-corrected chi connectivity index (χ1v) is 7.21. The van der Waals surface area contributed by atoms with E-state index in [9.17, 15) is 14.0 Å². The quantitative estimate of drug-likeness (QED) is 0.870. The highest BCUT2D eigenvalue weighted by Gasteiger charge is 2.35. The minimum Gasteiger partial charge on any atom is -0.479 e. The average molecular weight is 309 g/mol. The van der Waals surface area contributed by atoms with E-state index in [2.05, 4.69) is 5.32 Å². The van der Waals surface area contributed by atoms with Crippen molar-refractivity contribution in [2.75, 3.05) is 6.54 Å². The van der Waals surface area contributed by atoms with Crippen molar-refractivity contribution in [3.8, 4) is 0 Å². The first-order valence-electron chi connectivity index (χ1n) is 7.21. The third-order valence-corrected chi connectivity index (χ3v) is 3.90. The molecule has 2 N–H and O–H groups in total. The van der Waals surface area contributed by atoms with Gasteiger partial charge < -0.3 is 15.2 Å². The lowest BCUT2D eigenvalue weighted by Gasteiger charge is -2.26. The number of nitrogens with one attached hydrogen (secondary N) is 1. The predicted octanol–water partition coefficient (Wildman–Crippen LogP) is 1.85. The van der Waals surface area contributed by atoms with E-state index in [-0.39, 0.29) is 11.7 Å². The molecular formula is C16H20FNO4. The van der Waals surface area contributed by atoms with Crippen LogP contribution in [0.2, 0.25) is 0 Å². The first kappa shape index (κ1) is 16.4. The van der Waals surface area contributed by atoms with E-state index in [4.69, 9.17) is 9.84 Å². The minimum atomic E-state index is -1.05. The Kier molecular flexibility index (Phi) is 4.81. The molecule has 1 aliphatic rings. The maximum Gasteiger partial charge on any atom is 0.332 e. The van der Waals surface area contributed by atoms with Gasteiger partial charge in [-0.15, -0.1) is 0 Å². The molecule has 1 aromatic carbocycles. The molecule has 1 heterocycles. The standard InChI is InChI=1S/C16H20FNO4/c1-16(2,10-4-3-5-11(17)8-10)9-18-14(19)12-6-7-13(22-12)15(20)21/h3-5,8,12-13H,6-7,9H2,1-2H3,(H,18,19)(H,20,21)/t12-,13+/m0/s1. The van der Waals surface area contributed by atoms with E-state index >= 15 is 0 Å². The van der Waals surface area contributed by atoms with E-state index in [0.717, 1.165) is 5.56 Å². The molecule has 0 aliphatic carbocycles. The molecule has 0 spiro atoms. The van der Waals surface area contributed by atoms with Crippen LogP contribution < -0.4 is 5.32 Å². The zero-order chi connectivity index (χ0) is 16.3. The van der Waals surface area contributed by atoms with Gasteiger partial charge in [0.2, 0.25) is 5.91 Å². The molecule has 0 saturated carbocycles. The van der Waals surface area contributed by atoms with Crippen LogP contribution in [0.15, 0.2) is 24.3 Å². The number of rotatable bonds is 5. The number of carboxylic acids is 1. The summed E-state index contributed by atoms with van der Waals surface area (Å²) in [6.07, 6.45) is -0.916. The van der Waals surface area contributed by atoms with Gasteiger partial charge >= 0.3 is 5.97 Å². The Bertz CT molecular complexity index is 573. The van der Waals surface area contributed by atoms with Crippen LogP contribution in [0, 0.1) is 5.82 Å². The number of ether oxygens (including phenoxy) is 1. The van der Waals surface area contributed by atoms with E-state index in [1.807, 2.05) is 19.9 Å². The Hall–Kier alpha value is -1.95. The fourth-order valence-corrected chi connectivity index (χ4v) is 2.45. The Labute approximate surface area is 128 Å². The molecule has 0 bridgehead atoms. The van der Waals surface area contributed by atoms with Crippen molar-refractivity contribution in [1.29, 1.82) is 0 Å². The summed E-state index contributed by atoms with van der Waals surface area (Å²) in [5.41, 5.74) is 0.339. The Morgan fingerprint density at radius 2 is 2.05 bits per heavy atom. The molecule has 2 atom stereocenters. The van der Waals surface area contributed by atoms with Crippen molar-refractivity contribution in [2.24, 2.45) is 0 Å². The van der Waals surface area contributed by atoms with Crippen molar-refractivity contribution < 1.29 is 23.8 Å². The Morgan fingerprint density at radius 1 is 1.36 bits per heavy atom. The summed E-state index contributed by atoms with van der Waals surface area (Å²) in [5.74, 6) is -1.69. The van der Waals surface area contributed by atoms with Crippen molar-refractivity contribution in [2.45, 2.75) is 44.3 Å². The summed E-state index contributed by atoms with van der Waals surface area (Å²) in [4.78, 5) is 22.9. The lowest BCUT2D eigenvalue weighted by atomic mass is 9.84. The monoisotopic (exact) mass is 309 g/mol. The van der Waals surface area contributed by atoms with Crippen LogP contribution in [0.3, 0.4) is 0 Å². The SMILES string of the molecule is CC(C)(CNC(=O)[C@@H]1CC[C@H](C(=O)O)O1)c1cccc(F)c1. The molecule has 120 valence electrons. The number of hydrogen-bond acceptors (Lipinski definition) is 3. The lowest BCUT2D eigenvalue weighted by Crippen LogP contribution is -2.42. The van der Waals surface area contributed by atoms with E-state index < -0.39 is 23.6 Å². The van der Waals surface area contributed by atoms with Crippen LogP contribution in [0.1, 0.15) is 32.3 Å². The number of halogens is 1. The summed E-state index contributed by atoms with van der Waals surface area (Å²) in [5, 5.41) is 11.6. The third-order valence-electron chi connectivity index (χ3n) is 3.90. The van der Waals surface area contributed by atoms with Gasteiger partial charge in [0.25, 0.3) is 0 Å². The maximum absolute atomic E-state index is 13.3. The van der Waals surface area contributed by atoms with Crippen LogP contribution >= 0.6 is 0 Å². The Balaban J connectivity index is 1.92. The van der Waals surface area contributed by atoms with Gasteiger partial charge in [0, 0.05) is 12.0 Å². The minimum absolute atomic E-state index is 0.312. The van der Waals surface area contributed by atoms with Gasteiger partial charge in [-0.3, -0.25) is 4.79 Å². The van der Waals surface area contributed by atoms with Crippen molar-refractivity contribution in [1.82, 2.24) is 5.32 Å². The van der Waals surface area contributed by atoms with Gasteiger partial charge in [0.05, 0.1) is 0 Å². The highest BCUT2D eigenvalue weighted by Crippen LogP contribution is 2.24. The molecule has 1 amide bonds. The van der Waals surface area contributed by atoms with Gasteiger partial charge in [-0.05, 0) is 30.5 Å². The molecule has 0 aromatic heterocycles. The highest BCUT2D eigenvalue weighted by molar-refractivity contribution is 5.82. The van der Waals surface area contributed by atoms with Gasteiger partial charge in [-0.1, -0.05) is 26.0 Å². The molecule has 6 heteroatoms. The fraction of sp³-hybridized carbons (Fsp3) is 0.500. The maximum atomic E-state index is 13.3. The average Bonchev–Trinajstić information content (AvgIpc) is 2.95. The highest BCUT2D eigenvalue weighted by atomic mass is 19.1. The normalized spacial score (nSPS) is 21.6. The largest absolute Gasteiger partial charge is 0.479 e. The molecular weight excluding hydrogens is 289 g/mol. The third kappa shape index (κ3) is 3.82. The molecule has 1 fully saturated rings. The Morgan fingerprint density at radius 3 is 2.64 bits per heavy atom. The molecule has 0 radical (unpaired) electrons. The van der Waals surface area contributed by atoms with Crippen LogP contribution in [0.4, 0.5) is 4.39 Å². The van der Waals surface area contributed by atoms with Crippen molar-refractivity contribution in [3.63, 3.8) is 0 Å². The lowest BCUT2D eigenvalue weighted by molar-refractivity contribution is -0.151. The molecule has 1 aromatic rings. The second-order valence-corrected chi connectivity index (χ2v) is 6.14. The number of aliphatic carboxylic acids is 1. The van der Waals surface area contributed by atoms with Crippen LogP contribution in [-0.4, -0.2) is 35.7 Å². The van der Waals surface area contributed by atoms with Crippen LogP contribution in [0.5, 0.6) is 0 Å². The number of benzene rings is 1. The number of amides is 1. The molecule has 5 nitrogen and oxygen atoms in total. The summed E-state index contributed by atoms with van der Waals surface area (Å²) in [6.45, 7) is 4.11. The second kappa shape index (κ2) is 6.44. The van der Waals surface area contributed by atoms with Crippen molar-refractivity contribution >= 4 is 11.9 Å². The summed E-state index contributed by atoms with van der Waals surface area (Å²) in [7, 11) is 0. The van der Waals surface area contributed by atoms with Gasteiger partial charge in [0.1, 0.15) is 11.9 Å². The summed E-state index contributed by atoms with van der Waals surface area (Å²) >= 11 is 0. The van der Waals surface area contributed by atoms with Gasteiger partial charge in [-0.2, -0.15) is 0 Å². The smallest absolute Gasteiger partial charge is 0.332 e. The number of carbonyl (C=O) groups excluding carboxylic acids is 1.